The number of nitrogens with zero attached hydrogens (tertiary/aromatic N) is 2. The summed E-state index contributed by atoms with van der Waals surface area (Å²) in [4.78, 5) is 16.5. The van der Waals surface area contributed by atoms with E-state index >= 15 is 0 Å². The number of thioether (sulfide) groups is 1. The minimum Gasteiger partial charge on any atom is -0.444 e. The van der Waals surface area contributed by atoms with Crippen LogP contribution in [0.2, 0.25) is 0 Å². The fraction of sp³-hybridized carbons (Fsp3) is 0.941. The highest BCUT2D eigenvalue weighted by Crippen LogP contribution is 2.36. The summed E-state index contributed by atoms with van der Waals surface area (Å²) in [5.41, 5.74) is 6.03. The Balaban J connectivity index is 1.84. The third kappa shape index (κ3) is 5.00. The van der Waals surface area contributed by atoms with Gasteiger partial charge in [-0.3, -0.25) is 4.90 Å². The summed E-state index contributed by atoms with van der Waals surface area (Å²) in [7, 11) is 0. The Morgan fingerprint density at radius 2 is 1.83 bits per heavy atom. The second-order valence-electron chi connectivity index (χ2n) is 8.17. The summed E-state index contributed by atoms with van der Waals surface area (Å²) >= 11 is 1.90. The summed E-state index contributed by atoms with van der Waals surface area (Å²) in [5.74, 6) is 0. The maximum atomic E-state index is 12.1. The van der Waals surface area contributed by atoms with Gasteiger partial charge in [0.05, 0.1) is 0 Å². The number of amides is 1. The van der Waals surface area contributed by atoms with Gasteiger partial charge >= 0.3 is 6.09 Å². The van der Waals surface area contributed by atoms with E-state index in [0.29, 0.717) is 11.3 Å². The molecule has 5 nitrogen and oxygen atoms in total. The van der Waals surface area contributed by atoms with Gasteiger partial charge in [-0.05, 0) is 53.2 Å². The summed E-state index contributed by atoms with van der Waals surface area (Å²) in [5, 5.41) is 0.557. The number of carbonyl (C=O) groups excluding carboxylic acids is 1. The van der Waals surface area contributed by atoms with E-state index in [1.807, 2.05) is 37.4 Å². The van der Waals surface area contributed by atoms with Crippen LogP contribution in [0.3, 0.4) is 0 Å². The maximum Gasteiger partial charge on any atom is 0.410 e. The minimum absolute atomic E-state index is 0.0926. The number of ether oxygens (including phenoxy) is 1. The second-order valence-corrected chi connectivity index (χ2v) is 9.21. The molecule has 134 valence electrons. The predicted octanol–water partition coefficient (Wildman–Crippen LogP) is 2.54. The molecule has 6 heteroatoms. The molecule has 3 atom stereocenters. The molecule has 1 saturated heterocycles. The predicted molar refractivity (Wildman–Crippen MR) is 96.9 cm³/mol. The number of hydrogen-bond acceptors (Lipinski definition) is 5. The molecule has 1 heterocycles. The lowest BCUT2D eigenvalue weighted by atomic mass is 9.80. The van der Waals surface area contributed by atoms with Gasteiger partial charge in [-0.25, -0.2) is 4.79 Å². The number of hydrogen-bond donors (Lipinski definition) is 1. The SMILES string of the molecule is CSC1CCC(N2CCN(C(=O)OC(C)(C)C)CC2)CC1(C)N. The van der Waals surface area contributed by atoms with Crippen LogP contribution in [0.25, 0.3) is 0 Å². The summed E-state index contributed by atoms with van der Waals surface area (Å²) in [6, 6.07) is 0.550. The van der Waals surface area contributed by atoms with Crippen LogP contribution in [-0.4, -0.2) is 70.8 Å². The van der Waals surface area contributed by atoms with E-state index < -0.39 is 5.60 Å². The highest BCUT2D eigenvalue weighted by Gasteiger charge is 2.40. The molecule has 3 unspecified atom stereocenters. The molecule has 2 rings (SSSR count). The Morgan fingerprint density at radius 1 is 1.22 bits per heavy atom. The average molecular weight is 344 g/mol. The van der Waals surface area contributed by atoms with Crippen molar-refractivity contribution in [1.82, 2.24) is 9.80 Å². The highest BCUT2D eigenvalue weighted by molar-refractivity contribution is 7.99. The van der Waals surface area contributed by atoms with Crippen molar-refractivity contribution >= 4 is 17.9 Å². The fourth-order valence-electron chi connectivity index (χ4n) is 3.71. The van der Waals surface area contributed by atoms with Crippen LogP contribution >= 0.6 is 11.8 Å². The molecule has 2 fully saturated rings. The van der Waals surface area contributed by atoms with Gasteiger partial charge in [0.1, 0.15) is 5.60 Å². The van der Waals surface area contributed by atoms with Crippen LogP contribution in [0.5, 0.6) is 0 Å². The first kappa shape index (κ1) is 18.9. The Bertz CT molecular complexity index is 415. The molecule has 23 heavy (non-hydrogen) atoms. The van der Waals surface area contributed by atoms with Crippen LogP contribution in [0.4, 0.5) is 4.79 Å². The first-order valence-electron chi connectivity index (χ1n) is 8.66. The van der Waals surface area contributed by atoms with Crippen molar-refractivity contribution in [3.05, 3.63) is 0 Å². The number of nitrogens with two attached hydrogens (primary N) is 1. The van der Waals surface area contributed by atoms with Crippen LogP contribution in [0.1, 0.15) is 47.0 Å². The monoisotopic (exact) mass is 343 g/mol. The molecule has 0 aromatic rings. The summed E-state index contributed by atoms with van der Waals surface area (Å²) < 4.78 is 5.47. The van der Waals surface area contributed by atoms with Gasteiger partial charge < -0.3 is 15.4 Å². The molecular weight excluding hydrogens is 310 g/mol. The zero-order valence-corrected chi connectivity index (χ0v) is 16.1. The normalized spacial score (nSPS) is 33.6. The van der Waals surface area contributed by atoms with Gasteiger partial charge in [0.15, 0.2) is 0 Å². The van der Waals surface area contributed by atoms with Gasteiger partial charge in [0.25, 0.3) is 0 Å². The molecule has 1 saturated carbocycles. The van der Waals surface area contributed by atoms with Crippen LogP contribution < -0.4 is 5.73 Å². The van der Waals surface area contributed by atoms with Gasteiger partial charge in [-0.2, -0.15) is 11.8 Å². The Kier molecular flexibility index (Phi) is 5.90. The fourth-order valence-corrected chi connectivity index (χ4v) is 4.72. The number of carbonyl (C=O) groups is 1. The van der Waals surface area contributed by atoms with E-state index in [0.717, 1.165) is 32.6 Å². The van der Waals surface area contributed by atoms with E-state index in [2.05, 4.69) is 18.1 Å². The Morgan fingerprint density at radius 3 is 2.30 bits per heavy atom. The lowest BCUT2D eigenvalue weighted by molar-refractivity contribution is 0.00624. The maximum absolute atomic E-state index is 12.1. The van der Waals surface area contributed by atoms with Crippen molar-refractivity contribution in [1.29, 1.82) is 0 Å². The van der Waals surface area contributed by atoms with Crippen molar-refractivity contribution in [3.8, 4) is 0 Å². The van der Waals surface area contributed by atoms with Crippen LogP contribution in [-0.2, 0) is 4.74 Å². The van der Waals surface area contributed by atoms with Crippen molar-refractivity contribution < 1.29 is 9.53 Å². The second kappa shape index (κ2) is 7.19. The topological polar surface area (TPSA) is 58.8 Å². The van der Waals surface area contributed by atoms with E-state index in [-0.39, 0.29) is 11.6 Å². The molecule has 1 aliphatic heterocycles. The zero-order valence-electron chi connectivity index (χ0n) is 15.3. The van der Waals surface area contributed by atoms with Crippen molar-refractivity contribution in [2.75, 3.05) is 32.4 Å². The van der Waals surface area contributed by atoms with Gasteiger partial charge in [0.2, 0.25) is 0 Å². The van der Waals surface area contributed by atoms with E-state index in [4.69, 9.17) is 10.5 Å². The molecule has 0 aromatic carbocycles. The Hall–Kier alpha value is -0.460. The Labute approximate surface area is 145 Å². The van der Waals surface area contributed by atoms with Gasteiger partial charge in [-0.1, -0.05) is 0 Å². The lowest BCUT2D eigenvalue weighted by Gasteiger charge is -2.47. The molecular formula is C17H33N3O2S. The number of rotatable bonds is 2. The van der Waals surface area contributed by atoms with E-state index in [1.54, 1.807) is 0 Å². The molecule has 2 N–H and O–H groups in total. The molecule has 2 aliphatic rings. The van der Waals surface area contributed by atoms with Crippen molar-refractivity contribution in [3.63, 3.8) is 0 Å². The molecule has 1 amide bonds. The van der Waals surface area contributed by atoms with Crippen molar-refractivity contribution in [2.24, 2.45) is 5.73 Å². The molecule has 0 radical (unpaired) electrons. The van der Waals surface area contributed by atoms with Gasteiger partial charge in [-0.15, -0.1) is 0 Å². The average Bonchev–Trinajstić information content (AvgIpc) is 2.44. The van der Waals surface area contributed by atoms with Gasteiger partial charge in [0, 0.05) is 43.0 Å². The van der Waals surface area contributed by atoms with Crippen molar-refractivity contribution in [2.45, 2.75) is 69.4 Å². The summed E-state index contributed by atoms with van der Waals surface area (Å²) in [6.45, 7) is 11.3. The molecule has 1 aliphatic carbocycles. The third-order valence-electron chi connectivity index (χ3n) is 4.94. The van der Waals surface area contributed by atoms with E-state index in [9.17, 15) is 4.79 Å². The third-order valence-corrected chi connectivity index (χ3v) is 6.28. The highest BCUT2D eigenvalue weighted by atomic mass is 32.2. The first-order chi connectivity index (χ1) is 10.6. The van der Waals surface area contributed by atoms with Crippen LogP contribution in [0.15, 0.2) is 0 Å². The van der Waals surface area contributed by atoms with Crippen LogP contribution in [0, 0.1) is 0 Å². The largest absolute Gasteiger partial charge is 0.444 e. The van der Waals surface area contributed by atoms with E-state index in [1.165, 1.54) is 12.8 Å². The first-order valence-corrected chi connectivity index (χ1v) is 9.95. The zero-order chi connectivity index (χ0) is 17.3. The molecule has 0 aromatic heterocycles. The smallest absolute Gasteiger partial charge is 0.410 e. The molecule has 0 spiro atoms. The molecule has 0 bridgehead atoms. The quantitative estimate of drug-likeness (QED) is 0.835. The summed E-state index contributed by atoms with van der Waals surface area (Å²) in [6.07, 6.45) is 5.42. The minimum atomic E-state index is -0.425. The number of piperazine rings is 1. The lowest BCUT2D eigenvalue weighted by Crippen LogP contribution is -2.59. The standard InChI is InChI=1S/C17H33N3O2S/c1-16(2,3)22-15(21)20-10-8-19(9-11-20)13-6-7-14(23-5)17(4,18)12-13/h13-14H,6-12,18H2,1-5H3.